The van der Waals surface area contributed by atoms with Gasteiger partial charge in [-0.15, -0.1) is 0 Å². The first-order chi connectivity index (χ1) is 7.02. The van der Waals surface area contributed by atoms with Gasteiger partial charge in [-0.05, 0) is 18.9 Å². The first-order valence-corrected chi connectivity index (χ1v) is 4.99. The number of aliphatic hydroxyl groups excluding tert-OH is 1. The van der Waals surface area contributed by atoms with E-state index < -0.39 is 0 Å². The molecule has 0 amide bonds. The maximum absolute atomic E-state index is 10.6. The molecule has 0 bridgehead atoms. The smallest absolute Gasteiger partial charge is 0.125 e. The Morgan fingerprint density at radius 3 is 2.60 bits per heavy atom. The van der Waals surface area contributed by atoms with Gasteiger partial charge in [0.05, 0.1) is 12.3 Å². The Kier molecular flexibility index (Phi) is 6.54. The molecule has 15 heavy (non-hydrogen) atoms. The molecule has 3 nitrogen and oxygen atoms in total. The number of aliphatic hydroxyl groups is 1. The molecule has 0 aromatic carbocycles. The van der Waals surface area contributed by atoms with Crippen LogP contribution in [0.3, 0.4) is 0 Å². The third kappa shape index (κ3) is 7.82. The van der Waals surface area contributed by atoms with Crippen LogP contribution in [0.2, 0.25) is 0 Å². The number of aldehydes is 1. The highest BCUT2D eigenvalue weighted by Crippen LogP contribution is 2.18. The van der Waals surface area contributed by atoms with E-state index >= 15 is 0 Å². The van der Waals surface area contributed by atoms with E-state index in [1.807, 2.05) is 26.0 Å². The minimum absolute atomic E-state index is 0.188. The molecule has 2 N–H and O–H groups in total. The van der Waals surface area contributed by atoms with Gasteiger partial charge in [0, 0.05) is 5.41 Å². The fourth-order valence-corrected chi connectivity index (χ4v) is 0.913. The van der Waals surface area contributed by atoms with Gasteiger partial charge in [0.1, 0.15) is 6.29 Å². The van der Waals surface area contributed by atoms with Gasteiger partial charge in [0.25, 0.3) is 0 Å². The minimum atomic E-state index is -0.258. The molecule has 0 rings (SSSR count). The number of nitrogens with one attached hydrogen (secondary N) is 1. The van der Waals surface area contributed by atoms with Crippen LogP contribution in [0.1, 0.15) is 26.7 Å². The van der Waals surface area contributed by atoms with Crippen molar-refractivity contribution >= 4 is 12.0 Å². The fourth-order valence-electron chi connectivity index (χ4n) is 0.913. The Bertz CT molecular complexity index is 265. The summed E-state index contributed by atoms with van der Waals surface area (Å²) in [5.74, 6) is 0. The molecule has 84 valence electrons. The minimum Gasteiger partial charge on any atom is -0.390 e. The van der Waals surface area contributed by atoms with Crippen molar-refractivity contribution in [1.29, 1.82) is 5.41 Å². The summed E-state index contributed by atoms with van der Waals surface area (Å²) in [6.07, 6.45) is 9.66. The molecule has 0 aliphatic heterocycles. The van der Waals surface area contributed by atoms with Crippen molar-refractivity contribution in [3.63, 3.8) is 0 Å². The number of allylic oxidation sites excluding steroid dienone is 3. The number of carbonyl (C=O) groups excluding carboxylic acids is 1. The highest BCUT2D eigenvalue weighted by Gasteiger charge is 2.14. The lowest BCUT2D eigenvalue weighted by molar-refractivity contribution is -0.114. The van der Waals surface area contributed by atoms with E-state index in [0.29, 0.717) is 0 Å². The fraction of sp³-hybridized carbons (Fsp3) is 0.500. The average Bonchev–Trinajstić information content (AvgIpc) is 2.22. The van der Waals surface area contributed by atoms with E-state index in [-0.39, 0.29) is 17.7 Å². The molecular weight excluding hydrogens is 190 g/mol. The predicted octanol–water partition coefficient (Wildman–Crippen LogP) is 2.12. The normalized spacial score (nSPS) is 12.5. The van der Waals surface area contributed by atoms with Crippen LogP contribution in [0, 0.1) is 10.8 Å². The maximum atomic E-state index is 10.6. The third-order valence-corrected chi connectivity index (χ3v) is 1.99. The van der Waals surface area contributed by atoms with Gasteiger partial charge in [0.15, 0.2) is 0 Å². The SMILES string of the molecule is CC(C)(C=O)CC/C=C/C=C\C(=N)CO. The molecule has 0 aromatic rings. The Morgan fingerprint density at radius 2 is 2.07 bits per heavy atom. The van der Waals surface area contributed by atoms with Crippen LogP contribution < -0.4 is 0 Å². The molecule has 0 aliphatic carbocycles. The Labute approximate surface area is 91.0 Å². The van der Waals surface area contributed by atoms with Crippen molar-refractivity contribution in [2.24, 2.45) is 5.41 Å². The van der Waals surface area contributed by atoms with Crippen LogP contribution in [0.5, 0.6) is 0 Å². The molecule has 0 saturated carbocycles. The van der Waals surface area contributed by atoms with Crippen molar-refractivity contribution in [3.05, 3.63) is 24.3 Å². The van der Waals surface area contributed by atoms with Crippen molar-refractivity contribution in [1.82, 2.24) is 0 Å². The predicted molar refractivity (Wildman–Crippen MR) is 62.2 cm³/mol. The lowest BCUT2D eigenvalue weighted by atomic mass is 9.90. The summed E-state index contributed by atoms with van der Waals surface area (Å²) >= 11 is 0. The van der Waals surface area contributed by atoms with E-state index in [2.05, 4.69) is 0 Å². The van der Waals surface area contributed by atoms with E-state index in [1.165, 1.54) is 0 Å². The van der Waals surface area contributed by atoms with Crippen molar-refractivity contribution in [3.8, 4) is 0 Å². The van der Waals surface area contributed by atoms with E-state index in [4.69, 9.17) is 10.5 Å². The second-order valence-corrected chi connectivity index (χ2v) is 4.12. The third-order valence-electron chi connectivity index (χ3n) is 1.99. The number of carbonyl (C=O) groups is 1. The lowest BCUT2D eigenvalue weighted by Crippen LogP contribution is -2.11. The van der Waals surface area contributed by atoms with Crippen LogP contribution in [-0.2, 0) is 4.79 Å². The highest BCUT2D eigenvalue weighted by atomic mass is 16.3. The monoisotopic (exact) mass is 209 g/mol. The Balaban J connectivity index is 3.78. The number of hydrogen-bond donors (Lipinski definition) is 2. The molecule has 3 heteroatoms. The van der Waals surface area contributed by atoms with E-state index in [0.717, 1.165) is 19.1 Å². The molecule has 0 spiro atoms. The van der Waals surface area contributed by atoms with Crippen molar-refractivity contribution < 1.29 is 9.90 Å². The molecule has 0 aliphatic rings. The van der Waals surface area contributed by atoms with Gasteiger partial charge in [-0.25, -0.2) is 0 Å². The van der Waals surface area contributed by atoms with E-state index in [9.17, 15) is 4.79 Å². The molecule has 0 saturated heterocycles. The molecule has 0 heterocycles. The molecular formula is C12H19NO2. The zero-order chi connectivity index (χ0) is 11.7. The number of hydrogen-bond acceptors (Lipinski definition) is 3. The van der Waals surface area contributed by atoms with Gasteiger partial charge in [-0.1, -0.05) is 32.1 Å². The summed E-state index contributed by atoms with van der Waals surface area (Å²) in [5, 5.41) is 15.7. The van der Waals surface area contributed by atoms with Crippen LogP contribution >= 0.6 is 0 Å². The standard InChI is InChI=1S/C12H19NO2/c1-12(2,10-15)8-6-4-3-5-7-11(13)9-14/h3-5,7,10,13-14H,6,8-9H2,1-2H3/b4-3+,7-5-,13-11?. The quantitative estimate of drug-likeness (QED) is 0.383. The Morgan fingerprint density at radius 1 is 1.40 bits per heavy atom. The summed E-state index contributed by atoms with van der Waals surface area (Å²) in [4.78, 5) is 10.6. The van der Waals surface area contributed by atoms with Gasteiger partial charge in [-0.3, -0.25) is 0 Å². The second-order valence-electron chi connectivity index (χ2n) is 4.12. The summed E-state index contributed by atoms with van der Waals surface area (Å²) < 4.78 is 0. The zero-order valence-electron chi connectivity index (χ0n) is 9.36. The van der Waals surface area contributed by atoms with Crippen molar-refractivity contribution in [2.45, 2.75) is 26.7 Å². The molecule has 0 fully saturated rings. The van der Waals surface area contributed by atoms with Gasteiger partial charge in [0.2, 0.25) is 0 Å². The average molecular weight is 209 g/mol. The van der Waals surface area contributed by atoms with Crippen molar-refractivity contribution in [2.75, 3.05) is 6.61 Å². The second kappa shape index (κ2) is 7.12. The van der Waals surface area contributed by atoms with Gasteiger partial charge < -0.3 is 15.3 Å². The summed E-state index contributed by atoms with van der Waals surface area (Å²) in [6.45, 7) is 3.58. The van der Waals surface area contributed by atoms with Crippen LogP contribution in [0.4, 0.5) is 0 Å². The topological polar surface area (TPSA) is 61.2 Å². The van der Waals surface area contributed by atoms with Crippen LogP contribution in [-0.4, -0.2) is 23.7 Å². The van der Waals surface area contributed by atoms with Gasteiger partial charge in [-0.2, -0.15) is 0 Å². The van der Waals surface area contributed by atoms with Gasteiger partial charge >= 0.3 is 0 Å². The molecule has 0 radical (unpaired) electrons. The first kappa shape index (κ1) is 13.8. The largest absolute Gasteiger partial charge is 0.390 e. The summed E-state index contributed by atoms with van der Waals surface area (Å²) in [7, 11) is 0. The lowest BCUT2D eigenvalue weighted by Gasteiger charge is -2.14. The molecule has 0 atom stereocenters. The maximum Gasteiger partial charge on any atom is 0.125 e. The highest BCUT2D eigenvalue weighted by molar-refractivity contribution is 5.93. The summed E-state index contributed by atoms with van der Waals surface area (Å²) in [5.41, 5.74) is -0.0702. The zero-order valence-corrected chi connectivity index (χ0v) is 9.36. The molecule has 0 aromatic heterocycles. The first-order valence-electron chi connectivity index (χ1n) is 4.99. The number of rotatable bonds is 7. The van der Waals surface area contributed by atoms with E-state index in [1.54, 1.807) is 12.2 Å². The Hall–Kier alpha value is -1.22. The molecule has 0 unspecified atom stereocenters. The van der Waals surface area contributed by atoms with Crippen LogP contribution in [0.15, 0.2) is 24.3 Å². The summed E-state index contributed by atoms with van der Waals surface area (Å²) in [6, 6.07) is 0. The van der Waals surface area contributed by atoms with Crippen LogP contribution in [0.25, 0.3) is 0 Å².